The Balaban J connectivity index is 1.72. The molecule has 0 bridgehead atoms. The van der Waals surface area contributed by atoms with Crippen molar-refractivity contribution in [3.8, 4) is 0 Å². The van der Waals surface area contributed by atoms with Gasteiger partial charge in [-0.3, -0.25) is 9.69 Å². The fourth-order valence-electron chi connectivity index (χ4n) is 3.94. The lowest BCUT2D eigenvalue weighted by atomic mass is 10.1. The van der Waals surface area contributed by atoms with E-state index in [0.717, 1.165) is 32.4 Å². The van der Waals surface area contributed by atoms with Crippen molar-refractivity contribution in [3.63, 3.8) is 0 Å². The normalized spacial score (nSPS) is 23.7. The summed E-state index contributed by atoms with van der Waals surface area (Å²) in [5.41, 5.74) is 0.329. The van der Waals surface area contributed by atoms with Crippen molar-refractivity contribution < 1.29 is 18.3 Å². The van der Waals surface area contributed by atoms with Gasteiger partial charge in [0.2, 0.25) is 10.0 Å². The third-order valence-corrected chi connectivity index (χ3v) is 7.30. The van der Waals surface area contributed by atoms with Crippen molar-refractivity contribution in [2.24, 2.45) is 0 Å². The van der Waals surface area contributed by atoms with Crippen LogP contribution < -0.4 is 0 Å². The van der Waals surface area contributed by atoms with Gasteiger partial charge in [0.25, 0.3) is 5.91 Å². The molecular formula is C18H30N4O4S. The van der Waals surface area contributed by atoms with Gasteiger partial charge < -0.3 is 15.0 Å². The summed E-state index contributed by atoms with van der Waals surface area (Å²) in [6.45, 7) is 7.14. The number of amides is 1. The van der Waals surface area contributed by atoms with Crippen molar-refractivity contribution in [3.05, 3.63) is 18.0 Å². The van der Waals surface area contributed by atoms with Crippen LogP contribution in [0.5, 0.6) is 0 Å². The predicted octanol–water partition coefficient (Wildman–Crippen LogP) is 0.716. The second kappa shape index (κ2) is 8.30. The quantitative estimate of drug-likeness (QED) is 0.736. The highest BCUT2D eigenvalue weighted by Gasteiger charge is 2.34. The van der Waals surface area contributed by atoms with Crippen LogP contribution in [-0.2, 0) is 10.0 Å². The summed E-state index contributed by atoms with van der Waals surface area (Å²) in [6, 6.07) is 1.53. The molecule has 2 unspecified atom stereocenters. The number of carbonyl (C=O) groups excluding carboxylic acids is 1. The first-order chi connectivity index (χ1) is 12.8. The number of hydrogen-bond acceptors (Lipinski definition) is 5. The van der Waals surface area contributed by atoms with Crippen molar-refractivity contribution in [1.82, 2.24) is 19.1 Å². The van der Waals surface area contributed by atoms with Crippen LogP contribution in [0.1, 0.15) is 43.6 Å². The number of hydrogen-bond donors (Lipinski definition) is 2. The summed E-state index contributed by atoms with van der Waals surface area (Å²) >= 11 is 0. The maximum Gasteiger partial charge on any atom is 0.270 e. The molecular weight excluding hydrogens is 368 g/mol. The highest BCUT2D eigenvalue weighted by molar-refractivity contribution is 7.89. The Labute approximate surface area is 161 Å². The molecule has 1 aromatic heterocycles. The molecule has 0 radical (unpaired) electrons. The number of aromatic amines is 1. The summed E-state index contributed by atoms with van der Waals surface area (Å²) in [5.74, 6) is -0.137. The van der Waals surface area contributed by atoms with Gasteiger partial charge in [0.15, 0.2) is 0 Å². The Morgan fingerprint density at radius 2 is 2.00 bits per heavy atom. The number of carbonyl (C=O) groups is 1. The topological polar surface area (TPSA) is 97.0 Å². The van der Waals surface area contributed by atoms with Gasteiger partial charge in [0.05, 0.1) is 6.10 Å². The van der Waals surface area contributed by atoms with Gasteiger partial charge >= 0.3 is 0 Å². The maximum absolute atomic E-state index is 13.0. The Morgan fingerprint density at radius 3 is 2.63 bits per heavy atom. The highest BCUT2D eigenvalue weighted by Crippen LogP contribution is 2.23. The molecule has 2 aliphatic heterocycles. The molecule has 3 rings (SSSR count). The van der Waals surface area contributed by atoms with Crippen LogP contribution in [0.15, 0.2) is 17.2 Å². The molecule has 27 heavy (non-hydrogen) atoms. The predicted molar refractivity (Wildman–Crippen MR) is 102 cm³/mol. The summed E-state index contributed by atoms with van der Waals surface area (Å²) in [5, 5.41) is 9.65. The molecule has 0 aromatic carbocycles. The first kappa shape index (κ1) is 20.3. The molecule has 2 N–H and O–H groups in total. The second-order valence-corrected chi connectivity index (χ2v) is 9.46. The number of nitrogens with one attached hydrogen (secondary N) is 1. The van der Waals surface area contributed by atoms with Gasteiger partial charge in [0.1, 0.15) is 10.6 Å². The Kier molecular flexibility index (Phi) is 6.25. The smallest absolute Gasteiger partial charge is 0.270 e. The second-order valence-electron chi connectivity index (χ2n) is 7.52. The van der Waals surface area contributed by atoms with Crippen molar-refractivity contribution in [2.75, 3.05) is 39.3 Å². The number of H-pyrrole nitrogens is 1. The Morgan fingerprint density at radius 1 is 1.30 bits per heavy atom. The lowest BCUT2D eigenvalue weighted by Crippen LogP contribution is -2.55. The number of rotatable bonds is 6. The zero-order valence-corrected chi connectivity index (χ0v) is 16.9. The standard InChI is InChI=1S/C18H30N4O4S/c1-3-15-13-22(9-8-21(15)12-14(2)23)27(25,26)16-10-17(19-11-16)18(24)20-6-4-5-7-20/h10-11,14-15,19,23H,3-9,12-13H2,1-2H3. The van der Waals surface area contributed by atoms with Crippen molar-refractivity contribution in [1.29, 1.82) is 0 Å². The molecule has 2 saturated heterocycles. The van der Waals surface area contributed by atoms with Gasteiger partial charge in [-0.1, -0.05) is 6.92 Å². The molecule has 1 amide bonds. The lowest BCUT2D eigenvalue weighted by Gasteiger charge is -2.40. The van der Waals surface area contributed by atoms with Crippen LogP contribution in [0.25, 0.3) is 0 Å². The fourth-order valence-corrected chi connectivity index (χ4v) is 5.40. The number of β-amino-alcohol motifs (C(OH)–C–C–N with tert-alkyl or cyclic N) is 1. The number of likely N-dealkylation sites (tertiary alicyclic amines) is 1. The third kappa shape index (κ3) is 4.37. The highest BCUT2D eigenvalue weighted by atomic mass is 32.2. The molecule has 2 fully saturated rings. The fraction of sp³-hybridized carbons (Fsp3) is 0.722. The monoisotopic (exact) mass is 398 g/mol. The SMILES string of the molecule is CCC1CN(S(=O)(=O)c2c[nH]c(C(=O)N3CCCC3)c2)CCN1CC(C)O. The van der Waals surface area contributed by atoms with E-state index in [1.807, 2.05) is 6.92 Å². The largest absolute Gasteiger partial charge is 0.392 e. The minimum absolute atomic E-state index is 0.0766. The minimum atomic E-state index is -3.65. The maximum atomic E-state index is 13.0. The van der Waals surface area contributed by atoms with Gasteiger partial charge in [-0.05, 0) is 32.3 Å². The lowest BCUT2D eigenvalue weighted by molar-refractivity contribution is 0.0613. The summed E-state index contributed by atoms with van der Waals surface area (Å²) in [7, 11) is -3.65. The van der Waals surface area contributed by atoms with E-state index in [2.05, 4.69) is 9.88 Å². The van der Waals surface area contributed by atoms with E-state index >= 15 is 0 Å². The third-order valence-electron chi connectivity index (χ3n) is 5.46. The molecule has 0 saturated carbocycles. The van der Waals surface area contributed by atoms with E-state index in [0.29, 0.717) is 31.9 Å². The molecule has 1 aromatic rings. The average molecular weight is 399 g/mol. The van der Waals surface area contributed by atoms with E-state index in [1.54, 1.807) is 11.8 Å². The van der Waals surface area contributed by atoms with Crippen LogP contribution in [-0.4, -0.2) is 89.9 Å². The van der Waals surface area contributed by atoms with Gasteiger partial charge in [-0.2, -0.15) is 4.31 Å². The first-order valence-corrected chi connectivity index (χ1v) is 11.2. The molecule has 9 heteroatoms. The van der Waals surface area contributed by atoms with Crippen LogP contribution in [0, 0.1) is 0 Å². The van der Waals surface area contributed by atoms with E-state index in [-0.39, 0.29) is 16.8 Å². The minimum Gasteiger partial charge on any atom is -0.392 e. The Bertz CT molecular complexity index is 755. The molecule has 2 aliphatic rings. The molecule has 0 aliphatic carbocycles. The van der Waals surface area contributed by atoms with Crippen molar-refractivity contribution in [2.45, 2.75) is 50.2 Å². The zero-order chi connectivity index (χ0) is 19.6. The van der Waals surface area contributed by atoms with Crippen LogP contribution >= 0.6 is 0 Å². The molecule has 3 heterocycles. The van der Waals surface area contributed by atoms with Crippen molar-refractivity contribution >= 4 is 15.9 Å². The number of nitrogens with zero attached hydrogens (tertiary/aromatic N) is 3. The van der Waals surface area contributed by atoms with E-state index in [9.17, 15) is 18.3 Å². The van der Waals surface area contributed by atoms with Gasteiger partial charge in [-0.25, -0.2) is 8.42 Å². The molecule has 0 spiro atoms. The van der Waals surface area contributed by atoms with E-state index in [1.165, 1.54) is 16.6 Å². The number of aromatic nitrogens is 1. The summed E-state index contributed by atoms with van der Waals surface area (Å²) in [4.78, 5) is 19.4. The van der Waals surface area contributed by atoms with Gasteiger partial charge in [-0.15, -0.1) is 0 Å². The number of sulfonamides is 1. The van der Waals surface area contributed by atoms with Crippen LogP contribution in [0.2, 0.25) is 0 Å². The summed E-state index contributed by atoms with van der Waals surface area (Å²) in [6.07, 6.45) is 3.78. The van der Waals surface area contributed by atoms with E-state index < -0.39 is 16.1 Å². The zero-order valence-electron chi connectivity index (χ0n) is 16.1. The van der Waals surface area contributed by atoms with Crippen LogP contribution in [0.3, 0.4) is 0 Å². The number of aliphatic hydroxyl groups is 1. The van der Waals surface area contributed by atoms with E-state index in [4.69, 9.17) is 0 Å². The number of aliphatic hydroxyl groups excluding tert-OH is 1. The summed E-state index contributed by atoms with van der Waals surface area (Å²) < 4.78 is 27.6. The number of piperazine rings is 1. The molecule has 8 nitrogen and oxygen atoms in total. The average Bonchev–Trinajstić information content (AvgIpc) is 3.33. The Hall–Kier alpha value is -1.42. The first-order valence-electron chi connectivity index (χ1n) is 9.73. The molecule has 2 atom stereocenters. The molecule has 152 valence electrons. The van der Waals surface area contributed by atoms with Gasteiger partial charge in [0, 0.05) is 51.5 Å². The van der Waals surface area contributed by atoms with Crippen LogP contribution in [0.4, 0.5) is 0 Å².